The molecule has 1 unspecified atom stereocenters. The number of anilines is 1. The van der Waals surface area contributed by atoms with E-state index in [4.69, 9.17) is 5.73 Å². The number of nitrogens with one attached hydrogen (secondary N) is 1. The molecule has 0 bridgehead atoms. The monoisotopic (exact) mass is 236 g/mol. The molecule has 1 rings (SSSR count). The summed E-state index contributed by atoms with van der Waals surface area (Å²) in [4.78, 5) is 11.8. The highest BCUT2D eigenvalue weighted by Crippen LogP contribution is 2.10. The predicted molar refractivity (Wildman–Crippen MR) is 68.5 cm³/mol. The molecule has 4 heteroatoms. The fraction of sp³-hybridized carbons (Fsp3) is 0.462. The summed E-state index contributed by atoms with van der Waals surface area (Å²) >= 11 is 0. The summed E-state index contributed by atoms with van der Waals surface area (Å²) in [5.74, 6) is -0.0897. The topological polar surface area (TPSA) is 75.3 Å². The Bertz CT molecular complexity index is 370. The average Bonchev–Trinajstić information content (AvgIpc) is 2.32. The Labute approximate surface area is 102 Å². The number of hydrogen-bond acceptors (Lipinski definition) is 3. The van der Waals surface area contributed by atoms with Crippen LogP contribution in [0.4, 0.5) is 5.69 Å². The number of aliphatic hydroxyl groups is 1. The molecular weight excluding hydrogens is 216 g/mol. The van der Waals surface area contributed by atoms with Gasteiger partial charge in [0.15, 0.2) is 0 Å². The van der Waals surface area contributed by atoms with E-state index in [0.29, 0.717) is 18.5 Å². The number of amides is 1. The number of rotatable bonds is 5. The minimum atomic E-state index is -0.537. The molecule has 1 amide bonds. The Morgan fingerprint density at radius 2 is 2.00 bits per heavy atom. The molecule has 4 N–H and O–H groups in total. The van der Waals surface area contributed by atoms with E-state index in [0.717, 1.165) is 5.56 Å². The Morgan fingerprint density at radius 3 is 2.47 bits per heavy atom. The van der Waals surface area contributed by atoms with E-state index in [-0.39, 0.29) is 12.5 Å². The third-order valence-corrected chi connectivity index (χ3v) is 2.91. The van der Waals surface area contributed by atoms with Gasteiger partial charge in [-0.3, -0.25) is 4.79 Å². The predicted octanol–water partition coefficient (Wildman–Crippen LogP) is 1.09. The summed E-state index contributed by atoms with van der Waals surface area (Å²) in [6, 6.07) is 7.20. The van der Waals surface area contributed by atoms with Gasteiger partial charge in [0.1, 0.15) is 0 Å². The van der Waals surface area contributed by atoms with Crippen LogP contribution in [-0.4, -0.2) is 23.2 Å². The highest BCUT2D eigenvalue weighted by molar-refractivity contribution is 5.79. The molecule has 0 saturated heterocycles. The van der Waals surface area contributed by atoms with Crippen molar-refractivity contribution in [2.75, 3.05) is 12.3 Å². The van der Waals surface area contributed by atoms with Gasteiger partial charge in [-0.25, -0.2) is 0 Å². The normalized spacial score (nSPS) is 14.1. The van der Waals surface area contributed by atoms with Gasteiger partial charge in [0.25, 0.3) is 0 Å². The minimum absolute atomic E-state index is 0.0586. The van der Waals surface area contributed by atoms with Crippen LogP contribution in [0.2, 0.25) is 0 Å². The van der Waals surface area contributed by atoms with E-state index < -0.39 is 5.54 Å². The fourth-order valence-electron chi connectivity index (χ4n) is 1.44. The first-order chi connectivity index (χ1) is 7.99. The summed E-state index contributed by atoms with van der Waals surface area (Å²) < 4.78 is 0. The van der Waals surface area contributed by atoms with Crippen molar-refractivity contribution in [3.8, 4) is 0 Å². The van der Waals surface area contributed by atoms with Gasteiger partial charge in [0, 0.05) is 5.69 Å². The number of aliphatic hydroxyl groups excluding tert-OH is 1. The molecule has 0 heterocycles. The molecule has 94 valence electrons. The maximum atomic E-state index is 11.8. The second kappa shape index (κ2) is 5.68. The zero-order chi connectivity index (χ0) is 12.9. The van der Waals surface area contributed by atoms with Crippen LogP contribution in [0, 0.1) is 0 Å². The molecule has 0 aliphatic heterocycles. The average molecular weight is 236 g/mol. The first-order valence-corrected chi connectivity index (χ1v) is 5.75. The lowest BCUT2D eigenvalue weighted by molar-refractivity contribution is -0.122. The molecular formula is C13H20N2O2. The quantitative estimate of drug-likeness (QED) is 0.670. The molecule has 0 aromatic heterocycles. The highest BCUT2D eigenvalue weighted by atomic mass is 16.3. The summed E-state index contributed by atoms with van der Waals surface area (Å²) in [7, 11) is 0. The largest absolute Gasteiger partial charge is 0.399 e. The lowest BCUT2D eigenvalue weighted by Crippen LogP contribution is -2.48. The maximum absolute atomic E-state index is 11.8. The van der Waals surface area contributed by atoms with E-state index >= 15 is 0 Å². The second-order valence-electron chi connectivity index (χ2n) is 4.54. The van der Waals surface area contributed by atoms with Crippen LogP contribution < -0.4 is 11.1 Å². The van der Waals surface area contributed by atoms with E-state index in [1.165, 1.54) is 0 Å². The van der Waals surface area contributed by atoms with Gasteiger partial charge in [-0.05, 0) is 31.0 Å². The van der Waals surface area contributed by atoms with Gasteiger partial charge in [0.05, 0.1) is 18.6 Å². The van der Waals surface area contributed by atoms with Crippen LogP contribution in [0.1, 0.15) is 25.8 Å². The second-order valence-corrected chi connectivity index (χ2v) is 4.54. The fourth-order valence-corrected chi connectivity index (χ4v) is 1.44. The minimum Gasteiger partial charge on any atom is -0.399 e. The van der Waals surface area contributed by atoms with Crippen LogP contribution in [0.3, 0.4) is 0 Å². The van der Waals surface area contributed by atoms with E-state index in [1.54, 1.807) is 12.1 Å². The van der Waals surface area contributed by atoms with Crippen molar-refractivity contribution in [1.29, 1.82) is 0 Å². The third-order valence-electron chi connectivity index (χ3n) is 2.91. The van der Waals surface area contributed by atoms with Gasteiger partial charge < -0.3 is 16.2 Å². The van der Waals surface area contributed by atoms with Crippen molar-refractivity contribution in [1.82, 2.24) is 5.32 Å². The highest BCUT2D eigenvalue weighted by Gasteiger charge is 2.22. The molecule has 1 aromatic rings. The van der Waals surface area contributed by atoms with Gasteiger partial charge in [-0.2, -0.15) is 0 Å². The molecule has 0 aliphatic carbocycles. The lowest BCUT2D eigenvalue weighted by Gasteiger charge is -2.27. The summed E-state index contributed by atoms with van der Waals surface area (Å²) in [5.41, 5.74) is 6.63. The van der Waals surface area contributed by atoms with Gasteiger partial charge >= 0.3 is 0 Å². The number of hydrogen-bond donors (Lipinski definition) is 3. The van der Waals surface area contributed by atoms with Gasteiger partial charge in [0.2, 0.25) is 5.91 Å². The Balaban J connectivity index is 2.58. The Morgan fingerprint density at radius 1 is 1.41 bits per heavy atom. The van der Waals surface area contributed by atoms with Crippen LogP contribution in [0.5, 0.6) is 0 Å². The van der Waals surface area contributed by atoms with Crippen molar-refractivity contribution in [3.05, 3.63) is 29.8 Å². The molecule has 1 aromatic carbocycles. The molecule has 0 spiro atoms. The first kappa shape index (κ1) is 13.5. The number of carbonyl (C=O) groups excluding carboxylic acids is 1. The zero-order valence-corrected chi connectivity index (χ0v) is 10.4. The lowest BCUT2D eigenvalue weighted by atomic mass is 9.99. The van der Waals surface area contributed by atoms with Crippen molar-refractivity contribution < 1.29 is 9.90 Å². The number of carbonyl (C=O) groups is 1. The Hall–Kier alpha value is -1.55. The SMILES string of the molecule is CCC(C)(CO)NC(=O)Cc1ccc(N)cc1. The molecule has 0 fully saturated rings. The van der Waals surface area contributed by atoms with Crippen LogP contribution in [0.15, 0.2) is 24.3 Å². The zero-order valence-electron chi connectivity index (χ0n) is 10.4. The van der Waals surface area contributed by atoms with Crippen LogP contribution in [0.25, 0.3) is 0 Å². The van der Waals surface area contributed by atoms with E-state index in [1.807, 2.05) is 26.0 Å². The molecule has 1 atom stereocenters. The summed E-state index contributed by atoms with van der Waals surface area (Å²) in [6.07, 6.45) is 0.993. The number of nitrogens with two attached hydrogens (primary N) is 1. The van der Waals surface area contributed by atoms with Crippen molar-refractivity contribution in [3.63, 3.8) is 0 Å². The smallest absolute Gasteiger partial charge is 0.224 e. The molecule has 0 radical (unpaired) electrons. The standard InChI is InChI=1S/C13H20N2O2/c1-3-13(2,9-16)15-12(17)8-10-4-6-11(14)7-5-10/h4-7,16H,3,8-9,14H2,1-2H3,(H,15,17). The molecule has 0 saturated carbocycles. The maximum Gasteiger partial charge on any atom is 0.224 e. The molecule has 0 aliphatic rings. The first-order valence-electron chi connectivity index (χ1n) is 5.75. The summed E-state index contributed by atoms with van der Waals surface area (Å²) in [6.45, 7) is 3.70. The van der Waals surface area contributed by atoms with Crippen molar-refractivity contribution in [2.24, 2.45) is 0 Å². The number of benzene rings is 1. The van der Waals surface area contributed by atoms with Crippen LogP contribution >= 0.6 is 0 Å². The third kappa shape index (κ3) is 4.07. The van der Waals surface area contributed by atoms with E-state index in [9.17, 15) is 9.90 Å². The number of nitrogen functional groups attached to an aromatic ring is 1. The Kier molecular flexibility index (Phi) is 4.52. The van der Waals surface area contributed by atoms with Crippen molar-refractivity contribution in [2.45, 2.75) is 32.2 Å². The molecule has 4 nitrogen and oxygen atoms in total. The van der Waals surface area contributed by atoms with Gasteiger partial charge in [-0.1, -0.05) is 19.1 Å². The van der Waals surface area contributed by atoms with Crippen LogP contribution in [-0.2, 0) is 11.2 Å². The van der Waals surface area contributed by atoms with Gasteiger partial charge in [-0.15, -0.1) is 0 Å². The molecule has 17 heavy (non-hydrogen) atoms. The van der Waals surface area contributed by atoms with E-state index in [2.05, 4.69) is 5.32 Å². The summed E-state index contributed by atoms with van der Waals surface area (Å²) in [5, 5.41) is 12.0. The van der Waals surface area contributed by atoms with Crippen molar-refractivity contribution >= 4 is 11.6 Å².